The summed E-state index contributed by atoms with van der Waals surface area (Å²) in [6.45, 7) is 16.2. The van der Waals surface area contributed by atoms with Crippen LogP contribution in [-0.4, -0.2) is 25.4 Å². The third kappa shape index (κ3) is 4.25. The zero-order chi connectivity index (χ0) is 18.8. The van der Waals surface area contributed by atoms with E-state index in [1.54, 1.807) is 7.11 Å². The van der Waals surface area contributed by atoms with Gasteiger partial charge in [0.1, 0.15) is 5.76 Å². The minimum atomic E-state index is -0.344. The second kappa shape index (κ2) is 7.23. The van der Waals surface area contributed by atoms with E-state index in [9.17, 15) is 0 Å². The van der Waals surface area contributed by atoms with Crippen LogP contribution in [0.4, 0.5) is 0 Å². The Morgan fingerprint density at radius 3 is 2.32 bits per heavy atom. The molecule has 3 nitrogen and oxygen atoms in total. The van der Waals surface area contributed by atoms with Gasteiger partial charge >= 0.3 is 7.12 Å². The Labute approximate surface area is 152 Å². The molecule has 0 aromatic heterocycles. The third-order valence-corrected chi connectivity index (χ3v) is 5.10. The minimum Gasteiger partial charge on any atom is -0.497 e. The van der Waals surface area contributed by atoms with Crippen molar-refractivity contribution >= 4 is 18.7 Å². The van der Waals surface area contributed by atoms with Gasteiger partial charge in [0.05, 0.1) is 18.3 Å². The Morgan fingerprint density at radius 2 is 1.76 bits per heavy atom. The van der Waals surface area contributed by atoms with Gasteiger partial charge < -0.3 is 14.0 Å². The summed E-state index contributed by atoms with van der Waals surface area (Å²) in [5.41, 5.74) is 3.78. The van der Waals surface area contributed by atoms with Crippen molar-refractivity contribution in [2.75, 3.05) is 7.11 Å². The topological polar surface area (TPSA) is 27.7 Å². The molecule has 134 valence electrons. The maximum absolute atomic E-state index is 6.19. The van der Waals surface area contributed by atoms with Crippen LogP contribution in [0.1, 0.15) is 45.7 Å². The Bertz CT molecular complexity index is 698. The zero-order valence-corrected chi connectivity index (χ0v) is 16.5. The number of methoxy groups -OCH3 is 1. The summed E-state index contributed by atoms with van der Waals surface area (Å²) in [5, 5.41) is 0. The Balaban J connectivity index is 2.27. The lowest BCUT2D eigenvalue weighted by Crippen LogP contribution is -2.41. The second-order valence-electron chi connectivity index (χ2n) is 7.54. The number of rotatable bonds is 5. The van der Waals surface area contributed by atoms with Crippen molar-refractivity contribution in [3.63, 3.8) is 0 Å². The van der Waals surface area contributed by atoms with Crippen molar-refractivity contribution < 1.29 is 14.0 Å². The summed E-state index contributed by atoms with van der Waals surface area (Å²) < 4.78 is 17.5. The molecule has 0 saturated carbocycles. The lowest BCUT2D eigenvalue weighted by Gasteiger charge is -2.32. The smallest absolute Gasteiger partial charge is 0.495 e. The van der Waals surface area contributed by atoms with Gasteiger partial charge in [0.2, 0.25) is 0 Å². The zero-order valence-electron chi connectivity index (χ0n) is 16.5. The lowest BCUT2D eigenvalue weighted by atomic mass is 9.75. The molecule has 1 aliphatic heterocycles. The van der Waals surface area contributed by atoms with Gasteiger partial charge in [-0.1, -0.05) is 36.9 Å². The van der Waals surface area contributed by atoms with Crippen molar-refractivity contribution in [1.29, 1.82) is 0 Å². The summed E-state index contributed by atoms with van der Waals surface area (Å²) in [6, 6.07) is 6.21. The molecule has 4 heteroatoms. The van der Waals surface area contributed by atoms with Crippen LogP contribution in [0.2, 0.25) is 0 Å². The Kier molecular flexibility index (Phi) is 5.65. The van der Waals surface area contributed by atoms with Gasteiger partial charge in [0.25, 0.3) is 0 Å². The van der Waals surface area contributed by atoms with Crippen LogP contribution < -0.4 is 5.46 Å². The highest BCUT2D eigenvalue weighted by molar-refractivity contribution is 6.62. The first-order chi connectivity index (χ1) is 11.6. The van der Waals surface area contributed by atoms with Crippen LogP contribution in [0.3, 0.4) is 0 Å². The maximum Gasteiger partial charge on any atom is 0.495 e. The average molecular weight is 340 g/mol. The largest absolute Gasteiger partial charge is 0.497 e. The van der Waals surface area contributed by atoms with E-state index >= 15 is 0 Å². The molecule has 1 saturated heterocycles. The van der Waals surface area contributed by atoms with E-state index in [0.29, 0.717) is 5.76 Å². The normalized spacial score (nSPS) is 19.5. The average Bonchev–Trinajstić information content (AvgIpc) is 2.74. The predicted molar refractivity (Wildman–Crippen MR) is 106 cm³/mol. The van der Waals surface area contributed by atoms with Crippen LogP contribution in [0.25, 0.3) is 6.08 Å². The molecule has 0 spiro atoms. The van der Waals surface area contributed by atoms with Gasteiger partial charge in [-0.05, 0) is 69.8 Å². The molecule has 0 amide bonds. The van der Waals surface area contributed by atoms with Crippen molar-refractivity contribution in [2.45, 2.75) is 52.7 Å². The molecular weight excluding hydrogens is 311 g/mol. The summed E-state index contributed by atoms with van der Waals surface area (Å²) >= 11 is 0. The SMILES string of the molecule is C=C(/C=C(C)/C=C/c1cccc(B2OC(C)(C)C(C)(C)O2)c1C)OC. The van der Waals surface area contributed by atoms with Gasteiger partial charge in [0, 0.05) is 0 Å². The Hall–Kier alpha value is -1.78. The fourth-order valence-electron chi connectivity index (χ4n) is 2.66. The molecular formula is C21H29BO3. The molecule has 25 heavy (non-hydrogen) atoms. The number of benzene rings is 1. The monoisotopic (exact) mass is 340 g/mol. The van der Waals surface area contributed by atoms with Gasteiger partial charge in [0.15, 0.2) is 0 Å². The van der Waals surface area contributed by atoms with Gasteiger partial charge in [-0.15, -0.1) is 0 Å². The molecule has 0 N–H and O–H groups in total. The van der Waals surface area contributed by atoms with E-state index in [0.717, 1.165) is 22.2 Å². The van der Waals surface area contributed by atoms with Crippen LogP contribution in [0.15, 0.2) is 48.3 Å². The van der Waals surface area contributed by atoms with E-state index in [4.69, 9.17) is 14.0 Å². The summed E-state index contributed by atoms with van der Waals surface area (Å²) in [5.74, 6) is 0.643. The fraction of sp³-hybridized carbons (Fsp3) is 0.429. The highest BCUT2D eigenvalue weighted by atomic mass is 16.7. The summed E-state index contributed by atoms with van der Waals surface area (Å²) in [7, 11) is 1.27. The van der Waals surface area contributed by atoms with Gasteiger partial charge in [-0.2, -0.15) is 0 Å². The lowest BCUT2D eigenvalue weighted by molar-refractivity contribution is 0.00578. The van der Waals surface area contributed by atoms with Gasteiger partial charge in [-0.3, -0.25) is 0 Å². The number of hydrogen-bond donors (Lipinski definition) is 0. The third-order valence-electron chi connectivity index (χ3n) is 5.10. The quantitative estimate of drug-likeness (QED) is 0.451. The number of ether oxygens (including phenoxy) is 1. The number of allylic oxidation sites excluding steroid dienone is 3. The van der Waals surface area contributed by atoms with E-state index in [1.165, 1.54) is 0 Å². The van der Waals surface area contributed by atoms with Crippen molar-refractivity contribution in [3.8, 4) is 0 Å². The Morgan fingerprint density at radius 1 is 1.16 bits per heavy atom. The summed E-state index contributed by atoms with van der Waals surface area (Å²) in [4.78, 5) is 0. The van der Waals surface area contributed by atoms with E-state index in [2.05, 4.69) is 65.5 Å². The molecule has 0 bridgehead atoms. The maximum atomic E-state index is 6.19. The van der Waals surface area contributed by atoms with Crippen molar-refractivity contribution in [2.24, 2.45) is 0 Å². The van der Waals surface area contributed by atoms with E-state index in [-0.39, 0.29) is 18.3 Å². The van der Waals surface area contributed by atoms with E-state index in [1.807, 2.05) is 19.1 Å². The predicted octanol–water partition coefficient (Wildman–Crippen LogP) is 4.41. The molecule has 2 rings (SSSR count). The minimum absolute atomic E-state index is 0.338. The van der Waals surface area contributed by atoms with Crippen molar-refractivity contribution in [3.05, 3.63) is 59.4 Å². The van der Waals surface area contributed by atoms with Crippen LogP contribution in [0.5, 0.6) is 0 Å². The first kappa shape index (κ1) is 19.5. The van der Waals surface area contributed by atoms with Gasteiger partial charge in [-0.25, -0.2) is 0 Å². The summed E-state index contributed by atoms with van der Waals surface area (Å²) in [6.07, 6.45) is 6.06. The van der Waals surface area contributed by atoms with Crippen LogP contribution >= 0.6 is 0 Å². The van der Waals surface area contributed by atoms with Crippen LogP contribution in [-0.2, 0) is 14.0 Å². The highest BCUT2D eigenvalue weighted by Gasteiger charge is 2.52. The molecule has 1 heterocycles. The molecule has 1 aromatic rings. The highest BCUT2D eigenvalue weighted by Crippen LogP contribution is 2.36. The number of hydrogen-bond acceptors (Lipinski definition) is 3. The molecule has 0 aliphatic carbocycles. The van der Waals surface area contributed by atoms with E-state index < -0.39 is 0 Å². The molecule has 1 aromatic carbocycles. The first-order valence-corrected chi connectivity index (χ1v) is 8.62. The van der Waals surface area contributed by atoms with Crippen molar-refractivity contribution in [1.82, 2.24) is 0 Å². The molecule has 1 aliphatic rings. The molecule has 0 radical (unpaired) electrons. The molecule has 1 fully saturated rings. The second-order valence-corrected chi connectivity index (χ2v) is 7.54. The standard InChI is InChI=1S/C21H29BO3/c1-15(14-16(2)23-8)12-13-18-10-9-11-19(17(18)3)22-24-20(4,5)21(6,7)25-22/h9-14H,2H2,1,3-8H3/b13-12+,15-14+. The fourth-order valence-corrected chi connectivity index (χ4v) is 2.66. The molecule has 0 unspecified atom stereocenters. The van der Waals surface area contributed by atoms with Crippen LogP contribution in [0, 0.1) is 6.92 Å². The first-order valence-electron chi connectivity index (χ1n) is 8.62. The molecule has 0 atom stereocenters.